The van der Waals surface area contributed by atoms with Crippen LogP contribution in [-0.2, 0) is 26.0 Å². The maximum Gasteiger partial charge on any atom is 0.264 e. The average molecular weight is 401 g/mol. The molecule has 0 spiro atoms. The zero-order chi connectivity index (χ0) is 20.3. The van der Waals surface area contributed by atoms with E-state index in [-0.39, 0.29) is 35.5 Å². The second-order valence-electron chi connectivity index (χ2n) is 7.34. The van der Waals surface area contributed by atoms with Crippen LogP contribution in [0.1, 0.15) is 43.7 Å². The number of rotatable bonds is 6. The van der Waals surface area contributed by atoms with Gasteiger partial charge in [-0.25, -0.2) is 13.1 Å². The Balaban J connectivity index is 1.61. The summed E-state index contributed by atoms with van der Waals surface area (Å²) in [5.41, 5.74) is 2.69. The highest BCUT2D eigenvalue weighted by Crippen LogP contribution is 2.27. The number of hydrogen-bond acceptors (Lipinski definition) is 4. The fourth-order valence-corrected chi connectivity index (χ4v) is 4.32. The molecule has 0 aliphatic carbocycles. The molecule has 2 N–H and O–H groups in total. The molecular weight excluding hydrogens is 376 g/mol. The molecule has 0 saturated heterocycles. The van der Waals surface area contributed by atoms with Crippen LogP contribution in [0.3, 0.4) is 0 Å². The zero-order valence-electron chi connectivity index (χ0n) is 15.9. The monoisotopic (exact) mass is 400 g/mol. The fourth-order valence-electron chi connectivity index (χ4n) is 3.25. The van der Waals surface area contributed by atoms with Gasteiger partial charge < -0.3 is 5.32 Å². The summed E-state index contributed by atoms with van der Waals surface area (Å²) in [5.74, 6) is -0.924. The predicted molar refractivity (Wildman–Crippen MR) is 107 cm³/mol. The summed E-state index contributed by atoms with van der Waals surface area (Å²) < 4.78 is 27.1. The van der Waals surface area contributed by atoms with Gasteiger partial charge in [0.05, 0.1) is 4.90 Å². The molecule has 6 nitrogen and oxygen atoms in total. The van der Waals surface area contributed by atoms with E-state index in [0.29, 0.717) is 6.42 Å². The number of sulfonamides is 1. The molecule has 0 saturated carbocycles. The Morgan fingerprint density at radius 3 is 2.68 bits per heavy atom. The molecule has 1 atom stereocenters. The second-order valence-corrected chi connectivity index (χ2v) is 9.02. The van der Waals surface area contributed by atoms with Crippen molar-refractivity contribution in [1.82, 2.24) is 4.72 Å². The minimum absolute atomic E-state index is 0.0383. The number of para-hydroxylation sites is 1. The van der Waals surface area contributed by atoms with E-state index < -0.39 is 15.9 Å². The van der Waals surface area contributed by atoms with Gasteiger partial charge in [-0.3, -0.25) is 9.59 Å². The number of nitrogens with one attached hydrogen (secondary N) is 2. The summed E-state index contributed by atoms with van der Waals surface area (Å²) in [5, 5.41) is 2.84. The Morgan fingerprint density at radius 1 is 1.18 bits per heavy atom. The van der Waals surface area contributed by atoms with Crippen LogP contribution >= 0.6 is 0 Å². The van der Waals surface area contributed by atoms with Gasteiger partial charge in [0.2, 0.25) is 11.8 Å². The first-order valence-electron chi connectivity index (χ1n) is 9.30. The molecule has 0 bridgehead atoms. The van der Waals surface area contributed by atoms with E-state index in [4.69, 9.17) is 0 Å². The van der Waals surface area contributed by atoms with Crippen molar-refractivity contribution in [3.63, 3.8) is 0 Å². The van der Waals surface area contributed by atoms with Gasteiger partial charge in [0.1, 0.15) is 0 Å². The predicted octanol–water partition coefficient (Wildman–Crippen LogP) is 3.21. The highest BCUT2D eigenvalue weighted by Gasteiger charge is 2.27. The van der Waals surface area contributed by atoms with E-state index in [1.807, 2.05) is 44.2 Å². The van der Waals surface area contributed by atoms with Gasteiger partial charge in [-0.1, -0.05) is 44.2 Å². The maximum absolute atomic E-state index is 12.5. The molecule has 2 aromatic carbocycles. The first kappa shape index (κ1) is 20.1. The lowest BCUT2D eigenvalue weighted by Crippen LogP contribution is -2.33. The number of hydrogen-bond donors (Lipinski definition) is 2. The topological polar surface area (TPSA) is 92.3 Å². The van der Waals surface area contributed by atoms with Gasteiger partial charge in [-0.2, -0.15) is 0 Å². The van der Waals surface area contributed by atoms with E-state index in [2.05, 4.69) is 10.0 Å². The van der Waals surface area contributed by atoms with Crippen LogP contribution in [0.25, 0.3) is 0 Å². The maximum atomic E-state index is 12.5. The number of anilines is 1. The van der Waals surface area contributed by atoms with Gasteiger partial charge in [0, 0.05) is 18.0 Å². The van der Waals surface area contributed by atoms with Crippen LogP contribution in [0.2, 0.25) is 0 Å². The number of amides is 2. The Hall–Kier alpha value is -2.67. The van der Waals surface area contributed by atoms with Crippen molar-refractivity contribution in [3.8, 4) is 0 Å². The Labute approximate surface area is 165 Å². The van der Waals surface area contributed by atoms with E-state index in [9.17, 15) is 18.0 Å². The van der Waals surface area contributed by atoms with Crippen LogP contribution in [0, 0.1) is 5.92 Å². The van der Waals surface area contributed by atoms with Crippen molar-refractivity contribution in [2.45, 2.75) is 43.9 Å². The molecule has 0 aromatic heterocycles. The number of benzene rings is 2. The Bertz CT molecular complexity index is 999. The highest BCUT2D eigenvalue weighted by molar-refractivity contribution is 7.90. The summed E-state index contributed by atoms with van der Waals surface area (Å²) in [6.45, 7) is 3.94. The molecule has 3 rings (SSSR count). The van der Waals surface area contributed by atoms with Crippen molar-refractivity contribution >= 4 is 27.5 Å². The number of carbonyl (C=O) groups excluding carboxylic acids is 2. The normalized spacial score (nSPS) is 16.4. The van der Waals surface area contributed by atoms with Crippen LogP contribution < -0.4 is 10.0 Å². The summed E-state index contributed by atoms with van der Waals surface area (Å²) in [7, 11) is -3.93. The molecule has 2 aromatic rings. The lowest BCUT2D eigenvalue weighted by molar-refractivity contribution is -0.121. The third kappa shape index (κ3) is 4.59. The standard InChI is InChI=1S/C21H24N2O4S/c1-14(2)15-7-5-8-18(13-15)28(26,27)23-20(24)11-10-17-12-16-6-3-4-9-19(16)22-21(17)25/h3-9,13-14,17H,10-12H2,1-2H3,(H,22,25)(H,23,24). The van der Waals surface area contributed by atoms with Crippen LogP contribution in [-0.4, -0.2) is 20.2 Å². The lowest BCUT2D eigenvalue weighted by Gasteiger charge is -2.24. The van der Waals surface area contributed by atoms with E-state index in [1.54, 1.807) is 12.1 Å². The number of carbonyl (C=O) groups is 2. The molecular formula is C21H24N2O4S. The second kappa shape index (κ2) is 8.14. The van der Waals surface area contributed by atoms with Gasteiger partial charge in [-0.05, 0) is 48.1 Å². The quantitative estimate of drug-likeness (QED) is 0.779. The summed E-state index contributed by atoms with van der Waals surface area (Å²) in [6.07, 6.45) is 0.787. The summed E-state index contributed by atoms with van der Waals surface area (Å²) >= 11 is 0. The van der Waals surface area contributed by atoms with E-state index in [0.717, 1.165) is 16.8 Å². The third-order valence-electron chi connectivity index (χ3n) is 4.92. The third-order valence-corrected chi connectivity index (χ3v) is 6.29. The molecule has 1 heterocycles. The SMILES string of the molecule is CC(C)c1cccc(S(=O)(=O)NC(=O)CCC2Cc3ccccc3NC2=O)c1. The van der Waals surface area contributed by atoms with Crippen molar-refractivity contribution in [1.29, 1.82) is 0 Å². The van der Waals surface area contributed by atoms with E-state index in [1.165, 1.54) is 6.07 Å². The van der Waals surface area contributed by atoms with Crippen LogP contribution in [0.15, 0.2) is 53.4 Å². The van der Waals surface area contributed by atoms with Crippen molar-refractivity contribution in [2.24, 2.45) is 5.92 Å². The van der Waals surface area contributed by atoms with Crippen molar-refractivity contribution in [3.05, 3.63) is 59.7 Å². The smallest absolute Gasteiger partial charge is 0.264 e. The summed E-state index contributed by atoms with van der Waals surface area (Å²) in [6, 6.07) is 14.1. The molecule has 148 valence electrons. The zero-order valence-corrected chi connectivity index (χ0v) is 16.8. The minimum atomic E-state index is -3.93. The van der Waals surface area contributed by atoms with Crippen molar-refractivity contribution < 1.29 is 18.0 Å². The van der Waals surface area contributed by atoms with Crippen LogP contribution in [0.5, 0.6) is 0 Å². The van der Waals surface area contributed by atoms with Gasteiger partial charge in [0.25, 0.3) is 10.0 Å². The number of fused-ring (bicyclic) bond motifs is 1. The molecule has 7 heteroatoms. The van der Waals surface area contributed by atoms with Gasteiger partial charge in [-0.15, -0.1) is 0 Å². The molecule has 28 heavy (non-hydrogen) atoms. The Kier molecular flexibility index (Phi) is 5.84. The highest BCUT2D eigenvalue weighted by atomic mass is 32.2. The van der Waals surface area contributed by atoms with Gasteiger partial charge >= 0.3 is 0 Å². The van der Waals surface area contributed by atoms with Crippen molar-refractivity contribution in [2.75, 3.05) is 5.32 Å². The molecule has 1 aliphatic heterocycles. The summed E-state index contributed by atoms with van der Waals surface area (Å²) in [4.78, 5) is 24.5. The Morgan fingerprint density at radius 2 is 1.93 bits per heavy atom. The molecule has 2 amide bonds. The molecule has 1 unspecified atom stereocenters. The fraction of sp³-hybridized carbons (Fsp3) is 0.333. The van der Waals surface area contributed by atoms with E-state index >= 15 is 0 Å². The van der Waals surface area contributed by atoms with Gasteiger partial charge in [0.15, 0.2) is 0 Å². The van der Waals surface area contributed by atoms with Crippen LogP contribution in [0.4, 0.5) is 5.69 Å². The minimum Gasteiger partial charge on any atom is -0.326 e. The first-order chi connectivity index (χ1) is 13.3. The first-order valence-corrected chi connectivity index (χ1v) is 10.8. The largest absolute Gasteiger partial charge is 0.326 e. The average Bonchev–Trinajstić information content (AvgIpc) is 2.66. The molecule has 1 aliphatic rings. The molecule has 0 radical (unpaired) electrons. The lowest BCUT2D eigenvalue weighted by atomic mass is 9.90. The molecule has 0 fully saturated rings.